The Balaban J connectivity index is 2.05. The number of rotatable bonds is 4. The highest BCUT2D eigenvalue weighted by Gasteiger charge is 2.30. The minimum absolute atomic E-state index is 0.0151. The van der Waals surface area contributed by atoms with Crippen molar-refractivity contribution >= 4 is 5.78 Å². The number of Topliss-reactive ketones (excluding diaryl/α,β-unsaturated/α-hetero) is 1. The van der Waals surface area contributed by atoms with Gasteiger partial charge in [-0.1, -0.05) is 24.3 Å². The van der Waals surface area contributed by atoms with Crippen LogP contribution in [-0.2, 0) is 23.8 Å². The van der Waals surface area contributed by atoms with Crippen LogP contribution in [-0.4, -0.2) is 10.8 Å². The van der Waals surface area contributed by atoms with Crippen LogP contribution < -0.4 is 0 Å². The third-order valence-corrected chi connectivity index (χ3v) is 2.78. The molecule has 2 aromatic rings. The SMILES string of the molecule is O=C(Cc1cccnc1)Cc1cccc(C(F)(F)F)c1. The van der Waals surface area contributed by atoms with Crippen molar-refractivity contribution in [3.63, 3.8) is 0 Å². The first-order valence-electron chi connectivity index (χ1n) is 6.02. The number of carbonyl (C=O) groups is 1. The second kappa shape index (κ2) is 5.86. The molecule has 0 radical (unpaired) electrons. The summed E-state index contributed by atoms with van der Waals surface area (Å²) in [5.41, 5.74) is 0.391. The Morgan fingerprint density at radius 1 is 1.05 bits per heavy atom. The van der Waals surface area contributed by atoms with Gasteiger partial charge in [0.1, 0.15) is 5.78 Å². The topological polar surface area (TPSA) is 30.0 Å². The third-order valence-electron chi connectivity index (χ3n) is 2.78. The maximum atomic E-state index is 12.6. The van der Waals surface area contributed by atoms with Gasteiger partial charge in [0.05, 0.1) is 5.56 Å². The minimum atomic E-state index is -4.39. The Bertz CT molecular complexity index is 594. The van der Waals surface area contributed by atoms with Crippen molar-refractivity contribution in [2.75, 3.05) is 0 Å². The van der Waals surface area contributed by atoms with Gasteiger partial charge in [0.25, 0.3) is 0 Å². The number of hydrogen-bond donors (Lipinski definition) is 0. The van der Waals surface area contributed by atoms with E-state index in [0.717, 1.165) is 17.7 Å². The van der Waals surface area contributed by atoms with E-state index >= 15 is 0 Å². The molecule has 0 bridgehead atoms. The van der Waals surface area contributed by atoms with Gasteiger partial charge in [-0.15, -0.1) is 0 Å². The van der Waals surface area contributed by atoms with Crippen molar-refractivity contribution in [3.8, 4) is 0 Å². The standard InChI is InChI=1S/C15H12F3NO/c16-15(17,18)13-5-1-3-11(7-13)8-14(20)9-12-4-2-6-19-10-12/h1-7,10H,8-9H2. The monoisotopic (exact) mass is 279 g/mol. The number of carbonyl (C=O) groups excluding carboxylic acids is 1. The summed E-state index contributed by atoms with van der Waals surface area (Å²) < 4.78 is 37.7. The zero-order valence-electron chi connectivity index (χ0n) is 10.5. The lowest BCUT2D eigenvalue weighted by Crippen LogP contribution is -2.09. The molecular weight excluding hydrogens is 267 g/mol. The van der Waals surface area contributed by atoms with Crippen molar-refractivity contribution in [2.24, 2.45) is 0 Å². The largest absolute Gasteiger partial charge is 0.416 e. The number of ketones is 1. The normalized spacial score (nSPS) is 11.3. The van der Waals surface area contributed by atoms with E-state index in [1.54, 1.807) is 24.5 Å². The van der Waals surface area contributed by atoms with Gasteiger partial charge in [-0.05, 0) is 23.3 Å². The van der Waals surface area contributed by atoms with Gasteiger partial charge in [-0.3, -0.25) is 9.78 Å². The van der Waals surface area contributed by atoms with Gasteiger partial charge in [0.2, 0.25) is 0 Å². The number of aromatic nitrogens is 1. The highest BCUT2D eigenvalue weighted by Crippen LogP contribution is 2.29. The van der Waals surface area contributed by atoms with Crippen LogP contribution in [0.4, 0.5) is 13.2 Å². The predicted molar refractivity (Wildman–Crippen MR) is 68.1 cm³/mol. The van der Waals surface area contributed by atoms with Gasteiger partial charge in [0, 0.05) is 25.2 Å². The molecule has 1 aromatic heterocycles. The van der Waals surface area contributed by atoms with Crippen molar-refractivity contribution < 1.29 is 18.0 Å². The molecule has 0 spiro atoms. The highest BCUT2D eigenvalue weighted by atomic mass is 19.4. The lowest BCUT2D eigenvalue weighted by atomic mass is 10.0. The number of halogens is 3. The summed E-state index contributed by atoms with van der Waals surface area (Å²) in [5, 5.41) is 0. The Labute approximate surface area is 114 Å². The molecule has 0 saturated carbocycles. The van der Waals surface area contributed by atoms with Gasteiger partial charge >= 0.3 is 6.18 Å². The molecule has 0 saturated heterocycles. The fraction of sp³-hybridized carbons (Fsp3) is 0.200. The number of pyridine rings is 1. The molecule has 0 fully saturated rings. The molecule has 0 amide bonds. The molecule has 0 aliphatic rings. The molecule has 0 aliphatic heterocycles. The molecular formula is C15H12F3NO. The molecule has 5 heteroatoms. The van der Waals surface area contributed by atoms with Crippen molar-refractivity contribution in [1.82, 2.24) is 4.98 Å². The van der Waals surface area contributed by atoms with Crippen LogP contribution in [0.5, 0.6) is 0 Å². The average molecular weight is 279 g/mol. The molecule has 2 rings (SSSR count). The molecule has 0 aliphatic carbocycles. The Kier molecular flexibility index (Phi) is 4.17. The van der Waals surface area contributed by atoms with Crippen LogP contribution >= 0.6 is 0 Å². The summed E-state index contributed by atoms with van der Waals surface area (Å²) >= 11 is 0. The number of nitrogens with zero attached hydrogens (tertiary/aromatic N) is 1. The molecule has 1 heterocycles. The zero-order chi connectivity index (χ0) is 14.6. The molecule has 0 atom stereocenters. The van der Waals surface area contributed by atoms with Crippen LogP contribution in [0, 0.1) is 0 Å². The number of benzene rings is 1. The summed E-state index contributed by atoms with van der Waals surface area (Å²) in [7, 11) is 0. The third kappa shape index (κ3) is 3.91. The van der Waals surface area contributed by atoms with Gasteiger partial charge in [-0.2, -0.15) is 13.2 Å². The highest BCUT2D eigenvalue weighted by molar-refractivity contribution is 5.83. The van der Waals surface area contributed by atoms with Crippen LogP contribution in [0.1, 0.15) is 16.7 Å². The molecule has 0 N–H and O–H groups in total. The molecule has 0 unspecified atom stereocenters. The van der Waals surface area contributed by atoms with E-state index in [9.17, 15) is 18.0 Å². The summed E-state index contributed by atoms with van der Waals surface area (Å²) in [6.45, 7) is 0. The van der Waals surface area contributed by atoms with Crippen molar-refractivity contribution in [2.45, 2.75) is 19.0 Å². The van der Waals surface area contributed by atoms with E-state index in [1.807, 2.05) is 0 Å². The lowest BCUT2D eigenvalue weighted by molar-refractivity contribution is -0.137. The van der Waals surface area contributed by atoms with Crippen LogP contribution in [0.3, 0.4) is 0 Å². The van der Waals surface area contributed by atoms with E-state index in [0.29, 0.717) is 5.56 Å². The molecule has 2 nitrogen and oxygen atoms in total. The van der Waals surface area contributed by atoms with Crippen LogP contribution in [0.15, 0.2) is 48.8 Å². The Morgan fingerprint density at radius 2 is 1.75 bits per heavy atom. The fourth-order valence-corrected chi connectivity index (χ4v) is 1.88. The van der Waals surface area contributed by atoms with E-state index < -0.39 is 11.7 Å². The van der Waals surface area contributed by atoms with Crippen LogP contribution in [0.25, 0.3) is 0 Å². The summed E-state index contributed by atoms with van der Waals surface area (Å²) in [6, 6.07) is 8.33. The molecule has 20 heavy (non-hydrogen) atoms. The van der Waals surface area contributed by atoms with Crippen molar-refractivity contribution in [1.29, 1.82) is 0 Å². The van der Waals surface area contributed by atoms with E-state index in [-0.39, 0.29) is 18.6 Å². The first kappa shape index (κ1) is 14.2. The molecule has 104 valence electrons. The van der Waals surface area contributed by atoms with Crippen LogP contribution in [0.2, 0.25) is 0 Å². The maximum Gasteiger partial charge on any atom is 0.416 e. The van der Waals surface area contributed by atoms with E-state index in [4.69, 9.17) is 0 Å². The maximum absolute atomic E-state index is 12.6. The minimum Gasteiger partial charge on any atom is -0.299 e. The van der Waals surface area contributed by atoms with E-state index in [1.165, 1.54) is 12.1 Å². The lowest BCUT2D eigenvalue weighted by Gasteiger charge is -2.08. The number of hydrogen-bond acceptors (Lipinski definition) is 2. The second-order valence-electron chi connectivity index (χ2n) is 4.45. The van der Waals surface area contributed by atoms with Gasteiger partial charge < -0.3 is 0 Å². The fourth-order valence-electron chi connectivity index (χ4n) is 1.88. The van der Waals surface area contributed by atoms with Gasteiger partial charge in [0.15, 0.2) is 0 Å². The summed E-state index contributed by atoms with van der Waals surface area (Å²) in [5.74, 6) is -0.141. The molecule has 1 aromatic carbocycles. The zero-order valence-corrected chi connectivity index (χ0v) is 10.5. The first-order chi connectivity index (χ1) is 9.45. The Morgan fingerprint density at radius 3 is 2.40 bits per heavy atom. The quantitative estimate of drug-likeness (QED) is 0.858. The van der Waals surface area contributed by atoms with E-state index in [2.05, 4.69) is 4.98 Å². The predicted octanol–water partition coefficient (Wildman–Crippen LogP) is 3.45. The smallest absolute Gasteiger partial charge is 0.299 e. The summed E-state index contributed by atoms with van der Waals surface area (Å²) in [6.07, 6.45) is -1.06. The Hall–Kier alpha value is -2.17. The van der Waals surface area contributed by atoms with Gasteiger partial charge in [-0.25, -0.2) is 0 Å². The summed E-state index contributed by atoms with van der Waals surface area (Å²) in [4.78, 5) is 15.7. The van der Waals surface area contributed by atoms with Crippen molar-refractivity contribution in [3.05, 3.63) is 65.5 Å². The first-order valence-corrected chi connectivity index (χ1v) is 6.02. The second-order valence-corrected chi connectivity index (χ2v) is 4.45. The number of alkyl halides is 3. The average Bonchev–Trinajstić information content (AvgIpc) is 2.39.